The van der Waals surface area contributed by atoms with Gasteiger partial charge in [0.15, 0.2) is 16.1 Å². The molecular formula is C20H27BrN2O6S2. The first kappa shape index (κ1) is 23.2. The minimum Gasteiger partial charge on any atom is -0.350 e. The summed E-state index contributed by atoms with van der Waals surface area (Å²) in [5.41, 5.74) is 2.41. The van der Waals surface area contributed by atoms with Crippen LogP contribution in [0.3, 0.4) is 0 Å². The van der Waals surface area contributed by atoms with E-state index in [1.807, 2.05) is 0 Å². The largest absolute Gasteiger partial charge is 0.350 e. The van der Waals surface area contributed by atoms with E-state index in [1.54, 1.807) is 17.0 Å². The number of carbonyl (C=O) groups excluding carboxylic acids is 2. The van der Waals surface area contributed by atoms with Crippen LogP contribution in [0.15, 0.2) is 15.9 Å². The first-order valence-corrected chi connectivity index (χ1v) is 13.9. The van der Waals surface area contributed by atoms with E-state index in [2.05, 4.69) is 21.4 Å². The summed E-state index contributed by atoms with van der Waals surface area (Å²) in [6, 6.07) is 3.54. The standard InChI is InChI=1S/C20H27BrN2O6S2/c21-16-7-6-15(30-16)20(13-17(24)22-29-18-3-1-2-11-28-18)8-9-23(10-12-31(20,26)27)19(25)14-4-5-14/h6-7,14,18H,1-5,8-13H2,(H,22,24). The summed E-state index contributed by atoms with van der Waals surface area (Å²) in [4.78, 5) is 33.1. The molecule has 172 valence electrons. The summed E-state index contributed by atoms with van der Waals surface area (Å²) in [5, 5.41) is 0. The molecule has 2 unspecified atom stereocenters. The lowest BCUT2D eigenvalue weighted by atomic mass is 9.97. The second kappa shape index (κ2) is 9.46. The Balaban J connectivity index is 1.55. The smallest absolute Gasteiger partial charge is 0.245 e. The Labute approximate surface area is 194 Å². The first-order chi connectivity index (χ1) is 14.8. The summed E-state index contributed by atoms with van der Waals surface area (Å²) in [7, 11) is -3.72. The van der Waals surface area contributed by atoms with Crippen LogP contribution in [0.4, 0.5) is 0 Å². The second-order valence-corrected chi connectivity index (χ2v) is 13.3. The second-order valence-electron chi connectivity index (χ2n) is 8.38. The first-order valence-electron chi connectivity index (χ1n) is 10.6. The maximum atomic E-state index is 13.5. The minimum atomic E-state index is -3.72. The number of rotatable bonds is 6. The zero-order valence-electron chi connectivity index (χ0n) is 17.2. The highest BCUT2D eigenvalue weighted by Crippen LogP contribution is 2.45. The zero-order valence-corrected chi connectivity index (χ0v) is 20.4. The van der Waals surface area contributed by atoms with Crippen LogP contribution in [0.2, 0.25) is 0 Å². The molecule has 1 aromatic heterocycles. The van der Waals surface area contributed by atoms with Crippen molar-refractivity contribution in [1.82, 2.24) is 10.4 Å². The molecule has 1 aliphatic carbocycles. The fourth-order valence-corrected chi connectivity index (χ4v) is 8.15. The van der Waals surface area contributed by atoms with Crippen molar-refractivity contribution in [3.05, 3.63) is 20.8 Å². The predicted molar refractivity (Wildman–Crippen MR) is 119 cm³/mol. The van der Waals surface area contributed by atoms with Gasteiger partial charge in [0.2, 0.25) is 11.8 Å². The van der Waals surface area contributed by atoms with E-state index in [9.17, 15) is 18.0 Å². The van der Waals surface area contributed by atoms with E-state index in [-0.39, 0.29) is 37.0 Å². The molecule has 1 N–H and O–H groups in total. The van der Waals surface area contributed by atoms with Crippen molar-refractivity contribution in [3.8, 4) is 0 Å². The molecule has 2 amide bonds. The number of nitrogens with zero attached hydrogens (tertiary/aromatic N) is 1. The predicted octanol–water partition coefficient (Wildman–Crippen LogP) is 2.73. The fraction of sp³-hybridized carbons (Fsp3) is 0.700. The Morgan fingerprint density at radius 2 is 2.06 bits per heavy atom. The molecule has 2 saturated heterocycles. The van der Waals surface area contributed by atoms with Crippen molar-refractivity contribution >= 4 is 48.9 Å². The number of nitrogens with one attached hydrogen (secondary N) is 1. The number of ether oxygens (including phenoxy) is 1. The number of amides is 2. The van der Waals surface area contributed by atoms with E-state index >= 15 is 0 Å². The number of halogens is 1. The Bertz CT molecular complexity index is 926. The third-order valence-corrected chi connectivity index (χ3v) is 10.6. The Kier molecular flexibility index (Phi) is 7.07. The highest BCUT2D eigenvalue weighted by molar-refractivity contribution is 9.11. The molecule has 3 fully saturated rings. The maximum absolute atomic E-state index is 13.5. The van der Waals surface area contributed by atoms with Gasteiger partial charge in [-0.25, -0.2) is 18.7 Å². The summed E-state index contributed by atoms with van der Waals surface area (Å²) in [6.45, 7) is 1.05. The highest BCUT2D eigenvalue weighted by atomic mass is 79.9. The number of hydroxylamine groups is 1. The molecule has 2 aliphatic heterocycles. The average Bonchev–Trinajstić information content (AvgIpc) is 3.53. The van der Waals surface area contributed by atoms with E-state index in [0.29, 0.717) is 24.4 Å². The molecule has 0 bridgehead atoms. The van der Waals surface area contributed by atoms with Gasteiger partial charge in [0.1, 0.15) is 4.75 Å². The van der Waals surface area contributed by atoms with Crippen molar-refractivity contribution < 1.29 is 27.6 Å². The molecule has 1 saturated carbocycles. The van der Waals surface area contributed by atoms with Gasteiger partial charge in [-0.05, 0) is 60.2 Å². The van der Waals surface area contributed by atoms with E-state index in [0.717, 1.165) is 29.5 Å². The van der Waals surface area contributed by atoms with Crippen LogP contribution >= 0.6 is 27.3 Å². The van der Waals surface area contributed by atoms with Gasteiger partial charge in [-0.15, -0.1) is 11.3 Å². The number of hydrogen-bond donors (Lipinski definition) is 1. The third-order valence-electron chi connectivity index (χ3n) is 6.16. The van der Waals surface area contributed by atoms with E-state index < -0.39 is 26.8 Å². The van der Waals surface area contributed by atoms with Crippen LogP contribution in [0.25, 0.3) is 0 Å². The SMILES string of the molecule is O=C(CC1(c2ccc(Br)s2)CCN(C(=O)C2CC2)CCS1(=O)=O)NOC1CCCCO1. The molecule has 8 nitrogen and oxygen atoms in total. The highest BCUT2D eigenvalue weighted by Gasteiger charge is 2.50. The van der Waals surface area contributed by atoms with Gasteiger partial charge in [-0.3, -0.25) is 9.59 Å². The van der Waals surface area contributed by atoms with Crippen molar-refractivity contribution in [3.63, 3.8) is 0 Å². The van der Waals surface area contributed by atoms with Gasteiger partial charge in [-0.2, -0.15) is 0 Å². The number of hydrogen-bond acceptors (Lipinski definition) is 7. The number of thiophene rings is 1. The lowest BCUT2D eigenvalue weighted by Gasteiger charge is -2.31. The molecule has 0 radical (unpaired) electrons. The summed E-state index contributed by atoms with van der Waals surface area (Å²) in [5.74, 6) is -0.621. The normalized spacial score (nSPS) is 28.7. The maximum Gasteiger partial charge on any atom is 0.245 e. The molecule has 0 spiro atoms. The van der Waals surface area contributed by atoms with Crippen molar-refractivity contribution in [2.75, 3.05) is 25.4 Å². The molecule has 3 heterocycles. The Morgan fingerprint density at radius 3 is 2.71 bits per heavy atom. The molecular weight excluding hydrogens is 508 g/mol. The molecule has 0 aromatic carbocycles. The van der Waals surface area contributed by atoms with Gasteiger partial charge in [0.05, 0.1) is 16.0 Å². The van der Waals surface area contributed by atoms with E-state index in [1.165, 1.54) is 11.3 Å². The van der Waals surface area contributed by atoms with Crippen LogP contribution < -0.4 is 5.48 Å². The van der Waals surface area contributed by atoms with Gasteiger partial charge in [-0.1, -0.05) is 0 Å². The van der Waals surface area contributed by atoms with Gasteiger partial charge < -0.3 is 9.64 Å². The molecule has 1 aromatic rings. The quantitative estimate of drug-likeness (QED) is 0.563. The van der Waals surface area contributed by atoms with Gasteiger partial charge in [0, 0.05) is 36.9 Å². The van der Waals surface area contributed by atoms with E-state index in [4.69, 9.17) is 9.57 Å². The van der Waals surface area contributed by atoms with Gasteiger partial charge in [0.25, 0.3) is 0 Å². The summed E-state index contributed by atoms with van der Waals surface area (Å²) < 4.78 is 31.9. The Morgan fingerprint density at radius 1 is 1.26 bits per heavy atom. The molecule has 11 heteroatoms. The zero-order chi connectivity index (χ0) is 22.1. The van der Waals surface area contributed by atoms with Crippen molar-refractivity contribution in [1.29, 1.82) is 0 Å². The molecule has 3 aliphatic rings. The average molecular weight is 535 g/mol. The minimum absolute atomic E-state index is 0.0262. The van der Waals surface area contributed by atoms with Crippen LogP contribution in [-0.2, 0) is 33.7 Å². The van der Waals surface area contributed by atoms with Crippen molar-refractivity contribution in [2.24, 2.45) is 5.92 Å². The van der Waals surface area contributed by atoms with Crippen LogP contribution in [0, 0.1) is 5.92 Å². The fourth-order valence-electron chi connectivity index (χ4n) is 4.17. The third kappa shape index (κ3) is 5.16. The number of carbonyl (C=O) groups is 2. The van der Waals surface area contributed by atoms with Crippen LogP contribution in [-0.4, -0.2) is 56.9 Å². The molecule has 31 heavy (non-hydrogen) atoms. The van der Waals surface area contributed by atoms with Crippen LogP contribution in [0.1, 0.15) is 49.8 Å². The molecule has 4 rings (SSSR count). The Hall–Kier alpha value is -1.01. The lowest BCUT2D eigenvalue weighted by Crippen LogP contribution is -2.43. The number of sulfone groups is 1. The summed E-state index contributed by atoms with van der Waals surface area (Å²) in [6.07, 6.45) is 3.73. The van der Waals surface area contributed by atoms with Crippen molar-refractivity contribution in [2.45, 2.75) is 56.0 Å². The van der Waals surface area contributed by atoms with Crippen LogP contribution in [0.5, 0.6) is 0 Å². The topological polar surface area (TPSA) is 102 Å². The molecule has 2 atom stereocenters. The summed E-state index contributed by atoms with van der Waals surface area (Å²) >= 11 is 4.72. The monoisotopic (exact) mass is 534 g/mol. The van der Waals surface area contributed by atoms with Gasteiger partial charge >= 0.3 is 0 Å². The lowest BCUT2D eigenvalue weighted by molar-refractivity contribution is -0.200.